The predicted molar refractivity (Wildman–Crippen MR) is 71.6 cm³/mol. The molecule has 0 amide bonds. The van der Waals surface area contributed by atoms with E-state index in [1.807, 2.05) is 18.3 Å². The van der Waals surface area contributed by atoms with Crippen LogP contribution in [-0.4, -0.2) is 33.0 Å². The van der Waals surface area contributed by atoms with Gasteiger partial charge < -0.3 is 5.11 Å². The molecule has 3 atom stereocenters. The molecule has 1 saturated carbocycles. The monoisotopic (exact) mass is 260 g/mol. The third-order valence-corrected chi connectivity index (χ3v) is 4.59. The van der Waals surface area contributed by atoms with Gasteiger partial charge in [-0.1, -0.05) is 18.9 Å². The van der Waals surface area contributed by atoms with Crippen molar-refractivity contribution in [3.05, 3.63) is 30.1 Å². The molecule has 0 aromatic carbocycles. The van der Waals surface area contributed by atoms with E-state index < -0.39 is 5.97 Å². The van der Waals surface area contributed by atoms with E-state index >= 15 is 0 Å². The van der Waals surface area contributed by atoms with Gasteiger partial charge in [0, 0.05) is 25.0 Å². The first-order valence-electron chi connectivity index (χ1n) is 7.13. The molecule has 19 heavy (non-hydrogen) atoms. The van der Waals surface area contributed by atoms with Gasteiger partial charge in [0.05, 0.1) is 0 Å². The normalized spacial score (nSPS) is 31.1. The smallest absolute Gasteiger partial charge is 0.320 e. The summed E-state index contributed by atoms with van der Waals surface area (Å²) in [4.78, 5) is 17.8. The summed E-state index contributed by atoms with van der Waals surface area (Å²) in [6, 6.07) is 4.09. The van der Waals surface area contributed by atoms with Crippen LogP contribution in [0, 0.1) is 5.92 Å². The summed E-state index contributed by atoms with van der Waals surface area (Å²) in [5.41, 5.74) is 1.11. The van der Waals surface area contributed by atoms with Crippen LogP contribution in [0.4, 0.5) is 0 Å². The molecule has 1 saturated heterocycles. The largest absolute Gasteiger partial charge is 0.480 e. The zero-order valence-corrected chi connectivity index (χ0v) is 11.0. The molecule has 1 aliphatic heterocycles. The highest BCUT2D eigenvalue weighted by atomic mass is 16.4. The maximum Gasteiger partial charge on any atom is 0.320 e. The minimum Gasteiger partial charge on any atom is -0.480 e. The van der Waals surface area contributed by atoms with Crippen LogP contribution in [-0.2, 0) is 11.3 Å². The van der Waals surface area contributed by atoms with E-state index in [1.54, 1.807) is 6.20 Å². The topological polar surface area (TPSA) is 53.4 Å². The molecule has 0 radical (unpaired) electrons. The number of rotatable bonds is 3. The molecule has 2 heterocycles. The Morgan fingerprint density at radius 2 is 2.26 bits per heavy atom. The summed E-state index contributed by atoms with van der Waals surface area (Å²) in [7, 11) is 0. The lowest BCUT2D eigenvalue weighted by molar-refractivity contribution is -0.142. The van der Waals surface area contributed by atoms with Crippen molar-refractivity contribution in [2.75, 3.05) is 0 Å². The standard InChI is InChI=1S/C15H20N2O2/c18-15(19)14-8-12-5-1-2-6-13(12)17(14)10-11-4-3-7-16-9-11/h3-4,7,9,12-14H,1-2,5-6,8,10H2,(H,18,19)/t12-,13-,14-/m0/s1. The second kappa shape index (κ2) is 5.29. The van der Waals surface area contributed by atoms with Crippen LogP contribution in [0.15, 0.2) is 24.5 Å². The summed E-state index contributed by atoms with van der Waals surface area (Å²) in [6.45, 7) is 0.714. The number of hydrogen-bond donors (Lipinski definition) is 1. The molecule has 4 heteroatoms. The highest BCUT2D eigenvalue weighted by Gasteiger charge is 2.44. The van der Waals surface area contributed by atoms with Gasteiger partial charge in [-0.2, -0.15) is 0 Å². The summed E-state index contributed by atoms with van der Waals surface area (Å²) in [6.07, 6.45) is 9.25. The minimum absolute atomic E-state index is 0.312. The van der Waals surface area contributed by atoms with Crippen LogP contribution in [0.1, 0.15) is 37.7 Å². The van der Waals surface area contributed by atoms with Gasteiger partial charge in [-0.15, -0.1) is 0 Å². The number of fused-ring (bicyclic) bond motifs is 1. The van der Waals surface area contributed by atoms with Crippen molar-refractivity contribution in [2.45, 2.75) is 50.7 Å². The molecule has 1 N–H and O–H groups in total. The number of nitrogens with zero attached hydrogens (tertiary/aromatic N) is 2. The Morgan fingerprint density at radius 3 is 3.00 bits per heavy atom. The highest BCUT2D eigenvalue weighted by molar-refractivity contribution is 5.74. The molecular formula is C15H20N2O2. The number of aliphatic carboxylic acids is 1. The molecule has 1 aromatic heterocycles. The Bertz CT molecular complexity index is 449. The minimum atomic E-state index is -0.668. The SMILES string of the molecule is O=C(O)[C@@H]1C[C@@H]2CCCC[C@@H]2N1Cc1cccnc1. The first-order valence-corrected chi connectivity index (χ1v) is 7.13. The zero-order valence-electron chi connectivity index (χ0n) is 11.0. The molecule has 2 aliphatic rings. The van der Waals surface area contributed by atoms with Crippen molar-refractivity contribution in [3.8, 4) is 0 Å². The van der Waals surface area contributed by atoms with E-state index in [9.17, 15) is 9.90 Å². The average molecular weight is 260 g/mol. The van der Waals surface area contributed by atoms with E-state index in [0.717, 1.165) is 18.4 Å². The lowest BCUT2D eigenvalue weighted by atomic mass is 9.84. The molecule has 1 aromatic rings. The van der Waals surface area contributed by atoms with Gasteiger partial charge in [-0.3, -0.25) is 14.7 Å². The summed E-state index contributed by atoms with van der Waals surface area (Å²) < 4.78 is 0. The number of aromatic nitrogens is 1. The fraction of sp³-hybridized carbons (Fsp3) is 0.600. The van der Waals surface area contributed by atoms with Crippen molar-refractivity contribution >= 4 is 5.97 Å². The van der Waals surface area contributed by atoms with Crippen LogP contribution < -0.4 is 0 Å². The van der Waals surface area contributed by atoms with E-state index in [2.05, 4.69) is 9.88 Å². The van der Waals surface area contributed by atoms with Gasteiger partial charge in [0.2, 0.25) is 0 Å². The Morgan fingerprint density at radius 1 is 1.42 bits per heavy atom. The Labute approximate surface area is 113 Å². The maximum absolute atomic E-state index is 11.5. The average Bonchev–Trinajstić information content (AvgIpc) is 2.79. The maximum atomic E-state index is 11.5. The highest BCUT2D eigenvalue weighted by Crippen LogP contribution is 2.40. The Kier molecular flexibility index (Phi) is 3.51. The van der Waals surface area contributed by atoms with Gasteiger partial charge in [0.1, 0.15) is 6.04 Å². The lowest BCUT2D eigenvalue weighted by Crippen LogP contribution is -2.41. The molecule has 2 fully saturated rings. The molecule has 0 bridgehead atoms. The van der Waals surface area contributed by atoms with E-state index in [-0.39, 0.29) is 6.04 Å². The van der Waals surface area contributed by atoms with Gasteiger partial charge in [0.25, 0.3) is 0 Å². The summed E-state index contributed by atoms with van der Waals surface area (Å²) in [5.74, 6) is -0.0928. The molecule has 3 rings (SSSR count). The third-order valence-electron chi connectivity index (χ3n) is 4.59. The van der Waals surface area contributed by atoms with Gasteiger partial charge in [-0.05, 0) is 36.8 Å². The number of carbonyl (C=O) groups is 1. The zero-order chi connectivity index (χ0) is 13.2. The van der Waals surface area contributed by atoms with Crippen molar-refractivity contribution in [2.24, 2.45) is 5.92 Å². The molecule has 0 unspecified atom stereocenters. The number of carboxylic acid groups (broad SMARTS) is 1. The van der Waals surface area contributed by atoms with Crippen molar-refractivity contribution in [1.82, 2.24) is 9.88 Å². The summed E-state index contributed by atoms with van der Waals surface area (Å²) >= 11 is 0. The number of pyridine rings is 1. The lowest BCUT2D eigenvalue weighted by Gasteiger charge is -2.32. The van der Waals surface area contributed by atoms with E-state index in [1.165, 1.54) is 19.3 Å². The van der Waals surface area contributed by atoms with Crippen molar-refractivity contribution in [3.63, 3.8) is 0 Å². The molecular weight excluding hydrogens is 240 g/mol. The van der Waals surface area contributed by atoms with Gasteiger partial charge in [-0.25, -0.2) is 0 Å². The van der Waals surface area contributed by atoms with E-state index in [0.29, 0.717) is 18.5 Å². The van der Waals surface area contributed by atoms with Gasteiger partial charge >= 0.3 is 5.97 Å². The number of carboxylic acids is 1. The Balaban J connectivity index is 1.80. The second-order valence-electron chi connectivity index (χ2n) is 5.74. The van der Waals surface area contributed by atoms with Crippen LogP contribution in [0.25, 0.3) is 0 Å². The van der Waals surface area contributed by atoms with Crippen LogP contribution in [0.3, 0.4) is 0 Å². The molecule has 4 nitrogen and oxygen atoms in total. The second-order valence-corrected chi connectivity index (χ2v) is 5.74. The fourth-order valence-electron chi connectivity index (χ4n) is 3.73. The van der Waals surface area contributed by atoms with Crippen molar-refractivity contribution in [1.29, 1.82) is 0 Å². The molecule has 0 spiro atoms. The van der Waals surface area contributed by atoms with Gasteiger partial charge in [0.15, 0.2) is 0 Å². The predicted octanol–water partition coefficient (Wildman–Crippen LogP) is 2.30. The van der Waals surface area contributed by atoms with Crippen LogP contribution >= 0.6 is 0 Å². The number of hydrogen-bond acceptors (Lipinski definition) is 3. The first kappa shape index (κ1) is 12.6. The fourth-order valence-corrected chi connectivity index (χ4v) is 3.73. The molecule has 102 valence electrons. The Hall–Kier alpha value is -1.42. The summed E-state index contributed by atoms with van der Waals surface area (Å²) in [5, 5.41) is 9.45. The molecule has 1 aliphatic carbocycles. The van der Waals surface area contributed by atoms with Crippen molar-refractivity contribution < 1.29 is 9.90 Å². The third kappa shape index (κ3) is 2.50. The number of likely N-dealkylation sites (tertiary alicyclic amines) is 1. The quantitative estimate of drug-likeness (QED) is 0.906. The van der Waals surface area contributed by atoms with Crippen LogP contribution in [0.2, 0.25) is 0 Å². The first-order chi connectivity index (χ1) is 9.25. The van der Waals surface area contributed by atoms with Crippen LogP contribution in [0.5, 0.6) is 0 Å². The van der Waals surface area contributed by atoms with E-state index in [4.69, 9.17) is 0 Å².